The summed E-state index contributed by atoms with van der Waals surface area (Å²) >= 11 is 0. The van der Waals surface area contributed by atoms with Crippen LogP contribution in [0, 0.1) is 17.2 Å². The van der Waals surface area contributed by atoms with Gasteiger partial charge < -0.3 is 4.90 Å². The fourth-order valence-electron chi connectivity index (χ4n) is 2.20. The van der Waals surface area contributed by atoms with E-state index in [1.165, 1.54) is 5.56 Å². The number of aromatic nitrogens is 1. The molecule has 1 aliphatic heterocycles. The van der Waals surface area contributed by atoms with Gasteiger partial charge in [0.05, 0.1) is 12.0 Å². The van der Waals surface area contributed by atoms with Crippen molar-refractivity contribution in [1.82, 2.24) is 9.88 Å². The maximum Gasteiger partial charge on any atom is 0.0669 e. The van der Waals surface area contributed by atoms with Gasteiger partial charge in [0, 0.05) is 25.5 Å². The molecule has 2 heterocycles. The second-order valence-electron chi connectivity index (χ2n) is 4.37. The molecular formula is C13H17N3. The van der Waals surface area contributed by atoms with Gasteiger partial charge in [-0.05, 0) is 43.5 Å². The van der Waals surface area contributed by atoms with Crippen molar-refractivity contribution in [1.29, 1.82) is 5.26 Å². The summed E-state index contributed by atoms with van der Waals surface area (Å²) in [5.41, 5.74) is 1.33. The van der Waals surface area contributed by atoms with Gasteiger partial charge in [0.25, 0.3) is 0 Å². The standard InChI is InChI=1S/C13H17N3/c14-10-13-2-1-8-16(11-13)9-5-12-3-6-15-7-4-12/h3-4,6-7,13H,1-2,5,8-9,11H2. The van der Waals surface area contributed by atoms with E-state index >= 15 is 0 Å². The van der Waals surface area contributed by atoms with Crippen molar-refractivity contribution in [2.75, 3.05) is 19.6 Å². The van der Waals surface area contributed by atoms with Crippen LogP contribution < -0.4 is 0 Å². The Bertz CT molecular complexity index is 355. The second-order valence-corrected chi connectivity index (χ2v) is 4.37. The minimum Gasteiger partial charge on any atom is -0.302 e. The van der Waals surface area contributed by atoms with Crippen LogP contribution in [-0.2, 0) is 6.42 Å². The summed E-state index contributed by atoms with van der Waals surface area (Å²) in [6, 6.07) is 6.50. The van der Waals surface area contributed by atoms with Crippen molar-refractivity contribution in [3.63, 3.8) is 0 Å². The molecule has 1 aromatic rings. The third kappa shape index (κ3) is 3.04. The highest BCUT2D eigenvalue weighted by Gasteiger charge is 2.18. The summed E-state index contributed by atoms with van der Waals surface area (Å²) in [4.78, 5) is 6.41. The van der Waals surface area contributed by atoms with Crippen molar-refractivity contribution in [3.8, 4) is 6.07 Å². The number of likely N-dealkylation sites (tertiary alicyclic amines) is 1. The Morgan fingerprint density at radius 1 is 1.44 bits per heavy atom. The summed E-state index contributed by atoms with van der Waals surface area (Å²) in [5, 5.41) is 8.91. The van der Waals surface area contributed by atoms with Crippen LogP contribution in [0.4, 0.5) is 0 Å². The molecule has 0 aliphatic carbocycles. The maximum absolute atomic E-state index is 8.91. The van der Waals surface area contributed by atoms with Crippen molar-refractivity contribution in [3.05, 3.63) is 30.1 Å². The fourth-order valence-corrected chi connectivity index (χ4v) is 2.20. The van der Waals surface area contributed by atoms with Crippen LogP contribution in [0.15, 0.2) is 24.5 Å². The SMILES string of the molecule is N#CC1CCCN(CCc2ccncc2)C1. The highest BCUT2D eigenvalue weighted by Crippen LogP contribution is 2.15. The Labute approximate surface area is 96.7 Å². The average molecular weight is 215 g/mol. The van der Waals surface area contributed by atoms with Crippen LogP contribution in [0.25, 0.3) is 0 Å². The van der Waals surface area contributed by atoms with E-state index in [0.29, 0.717) is 0 Å². The number of piperidine rings is 1. The van der Waals surface area contributed by atoms with Crippen molar-refractivity contribution in [2.24, 2.45) is 5.92 Å². The lowest BCUT2D eigenvalue weighted by Gasteiger charge is -2.29. The molecule has 3 heteroatoms. The first-order chi connectivity index (χ1) is 7.88. The summed E-state index contributed by atoms with van der Waals surface area (Å²) in [6.45, 7) is 3.15. The first-order valence-corrected chi connectivity index (χ1v) is 5.89. The monoisotopic (exact) mass is 215 g/mol. The predicted molar refractivity (Wildman–Crippen MR) is 62.7 cm³/mol. The molecule has 0 spiro atoms. The lowest BCUT2D eigenvalue weighted by molar-refractivity contribution is 0.202. The number of nitriles is 1. The Kier molecular flexibility index (Phi) is 3.90. The molecule has 0 N–H and O–H groups in total. The molecule has 1 saturated heterocycles. The second kappa shape index (κ2) is 5.62. The number of rotatable bonds is 3. The molecule has 1 atom stereocenters. The van der Waals surface area contributed by atoms with Crippen molar-refractivity contribution < 1.29 is 0 Å². The number of pyridine rings is 1. The lowest BCUT2D eigenvalue weighted by atomic mass is 9.99. The molecule has 1 aromatic heterocycles. The minimum absolute atomic E-state index is 0.242. The molecule has 0 radical (unpaired) electrons. The summed E-state index contributed by atoms with van der Waals surface area (Å²) in [7, 11) is 0. The Morgan fingerprint density at radius 3 is 3.00 bits per heavy atom. The topological polar surface area (TPSA) is 39.9 Å². The first kappa shape index (κ1) is 11.1. The van der Waals surface area contributed by atoms with E-state index in [2.05, 4.69) is 28.1 Å². The Balaban J connectivity index is 1.80. The van der Waals surface area contributed by atoms with Gasteiger partial charge in [-0.1, -0.05) is 0 Å². The molecule has 2 rings (SSSR count). The van der Waals surface area contributed by atoms with Gasteiger partial charge in [0.1, 0.15) is 0 Å². The van der Waals surface area contributed by atoms with Crippen LogP contribution >= 0.6 is 0 Å². The molecule has 1 aliphatic rings. The van der Waals surface area contributed by atoms with E-state index in [4.69, 9.17) is 5.26 Å². The zero-order valence-electron chi connectivity index (χ0n) is 9.47. The van der Waals surface area contributed by atoms with Gasteiger partial charge in [0.15, 0.2) is 0 Å². The average Bonchev–Trinajstić information content (AvgIpc) is 2.38. The van der Waals surface area contributed by atoms with Crippen LogP contribution in [-0.4, -0.2) is 29.5 Å². The third-order valence-corrected chi connectivity index (χ3v) is 3.15. The lowest BCUT2D eigenvalue weighted by Crippen LogP contribution is -2.36. The van der Waals surface area contributed by atoms with Gasteiger partial charge in [-0.15, -0.1) is 0 Å². The largest absolute Gasteiger partial charge is 0.302 e. The molecule has 3 nitrogen and oxygen atoms in total. The van der Waals surface area contributed by atoms with E-state index in [0.717, 1.165) is 38.9 Å². The van der Waals surface area contributed by atoms with Crippen LogP contribution in [0.5, 0.6) is 0 Å². The van der Waals surface area contributed by atoms with Crippen LogP contribution in [0.3, 0.4) is 0 Å². The summed E-state index contributed by atoms with van der Waals surface area (Å²) in [5.74, 6) is 0.242. The van der Waals surface area contributed by atoms with Crippen molar-refractivity contribution in [2.45, 2.75) is 19.3 Å². The zero-order valence-corrected chi connectivity index (χ0v) is 9.47. The molecule has 0 aromatic carbocycles. The number of hydrogen-bond acceptors (Lipinski definition) is 3. The van der Waals surface area contributed by atoms with E-state index in [1.807, 2.05) is 12.4 Å². The smallest absolute Gasteiger partial charge is 0.0669 e. The molecule has 1 fully saturated rings. The Hall–Kier alpha value is -1.40. The van der Waals surface area contributed by atoms with E-state index in [1.54, 1.807) is 0 Å². The van der Waals surface area contributed by atoms with Crippen molar-refractivity contribution >= 4 is 0 Å². The van der Waals surface area contributed by atoms with Gasteiger partial charge in [-0.2, -0.15) is 5.26 Å². The Morgan fingerprint density at radius 2 is 2.25 bits per heavy atom. The van der Waals surface area contributed by atoms with E-state index < -0.39 is 0 Å². The third-order valence-electron chi connectivity index (χ3n) is 3.15. The van der Waals surface area contributed by atoms with Crippen LogP contribution in [0.1, 0.15) is 18.4 Å². The normalized spacial score (nSPS) is 21.6. The van der Waals surface area contributed by atoms with Gasteiger partial charge in [-0.25, -0.2) is 0 Å². The molecule has 16 heavy (non-hydrogen) atoms. The summed E-state index contributed by atoms with van der Waals surface area (Å²) in [6.07, 6.45) is 6.96. The number of hydrogen-bond donors (Lipinski definition) is 0. The quantitative estimate of drug-likeness (QED) is 0.772. The first-order valence-electron chi connectivity index (χ1n) is 5.89. The molecule has 0 bridgehead atoms. The van der Waals surface area contributed by atoms with E-state index in [-0.39, 0.29) is 5.92 Å². The van der Waals surface area contributed by atoms with Gasteiger partial charge in [-0.3, -0.25) is 4.98 Å². The maximum atomic E-state index is 8.91. The van der Waals surface area contributed by atoms with Gasteiger partial charge in [0.2, 0.25) is 0 Å². The highest BCUT2D eigenvalue weighted by atomic mass is 15.1. The fraction of sp³-hybridized carbons (Fsp3) is 0.538. The number of nitrogens with zero attached hydrogens (tertiary/aromatic N) is 3. The summed E-state index contributed by atoms with van der Waals surface area (Å²) < 4.78 is 0. The molecule has 1 unspecified atom stereocenters. The molecule has 84 valence electrons. The van der Waals surface area contributed by atoms with Gasteiger partial charge >= 0.3 is 0 Å². The minimum atomic E-state index is 0.242. The zero-order chi connectivity index (χ0) is 11.2. The highest BCUT2D eigenvalue weighted by molar-refractivity contribution is 5.10. The molecular weight excluding hydrogens is 198 g/mol. The molecule has 0 amide bonds. The van der Waals surface area contributed by atoms with E-state index in [9.17, 15) is 0 Å². The van der Waals surface area contributed by atoms with Crippen LogP contribution in [0.2, 0.25) is 0 Å². The molecule has 0 saturated carbocycles. The predicted octanol–water partition coefficient (Wildman–Crippen LogP) is 1.86.